The number of benzene rings is 1. The Morgan fingerprint density at radius 3 is 2.52 bits per heavy atom. The van der Waals surface area contributed by atoms with Crippen molar-refractivity contribution in [1.82, 2.24) is 10.3 Å². The van der Waals surface area contributed by atoms with Crippen LogP contribution < -0.4 is 10.6 Å². The Hall–Kier alpha value is -1.99. The van der Waals surface area contributed by atoms with E-state index in [1.165, 1.54) is 11.3 Å². The number of carbonyl (C=O) groups excluding carboxylic acids is 2. The molecule has 0 aliphatic rings. The molecule has 1 heterocycles. The Balaban J connectivity index is 1.95. The molecule has 0 unspecified atom stereocenters. The van der Waals surface area contributed by atoms with E-state index in [4.69, 9.17) is 0 Å². The van der Waals surface area contributed by atoms with E-state index in [0.29, 0.717) is 10.2 Å². The summed E-state index contributed by atoms with van der Waals surface area (Å²) in [5.41, 5.74) is 1.51. The Kier molecular flexibility index (Phi) is 5.24. The number of aromatic nitrogens is 1. The van der Waals surface area contributed by atoms with Gasteiger partial charge in [0.1, 0.15) is 5.01 Å². The van der Waals surface area contributed by atoms with Gasteiger partial charge in [-0.1, -0.05) is 22.5 Å². The second-order valence-corrected chi connectivity index (χ2v) is 6.08. The lowest BCUT2D eigenvalue weighted by atomic mass is 10.2. The number of hydrogen-bond acceptors (Lipinski definition) is 4. The number of rotatable bonds is 4. The number of hydrogen-bond donors (Lipinski definition) is 2. The van der Waals surface area contributed by atoms with E-state index < -0.39 is 11.8 Å². The van der Waals surface area contributed by atoms with Crippen LogP contribution in [0.5, 0.6) is 0 Å². The third-order valence-corrected chi connectivity index (χ3v) is 3.57. The summed E-state index contributed by atoms with van der Waals surface area (Å²) in [5.74, 6) is -1.43. The van der Waals surface area contributed by atoms with Gasteiger partial charge in [0.25, 0.3) is 0 Å². The monoisotopic (exact) mass is 365 g/mol. The number of amides is 2. The second kappa shape index (κ2) is 7.14. The highest BCUT2D eigenvalue weighted by molar-refractivity contribution is 9.11. The summed E-state index contributed by atoms with van der Waals surface area (Å²) in [6, 6.07) is 7.13. The Bertz CT molecular complexity index is 653. The quantitative estimate of drug-likeness (QED) is 0.818. The molecule has 1 aromatic carbocycles. The summed E-state index contributed by atoms with van der Waals surface area (Å²) in [6.07, 6.45) is 1.73. The number of carbonyl (C=O) groups is 2. The lowest BCUT2D eigenvalue weighted by molar-refractivity contribution is -0.136. The largest absolute Gasteiger partial charge is 0.343 e. The Morgan fingerprint density at radius 2 is 1.95 bits per heavy atom. The van der Waals surface area contributed by atoms with Gasteiger partial charge in [-0.3, -0.25) is 9.59 Å². The minimum absolute atomic E-state index is 0.204. The predicted octanol–water partition coefficient (Wildman–Crippen LogP) is 2.77. The predicted molar refractivity (Wildman–Crippen MR) is 87.3 cm³/mol. The summed E-state index contributed by atoms with van der Waals surface area (Å²) < 4.78 is 0.594. The van der Waals surface area contributed by atoms with Crippen molar-refractivity contribution in [3.8, 4) is 10.6 Å². The van der Waals surface area contributed by atoms with Gasteiger partial charge in [-0.25, -0.2) is 4.98 Å². The van der Waals surface area contributed by atoms with Crippen LogP contribution in [0.4, 0.5) is 5.69 Å². The average Bonchev–Trinajstić information content (AvgIpc) is 2.99. The van der Waals surface area contributed by atoms with Crippen molar-refractivity contribution in [1.29, 1.82) is 0 Å². The molecule has 0 bridgehead atoms. The number of nitrogens with one attached hydrogen (secondary N) is 2. The van der Waals surface area contributed by atoms with Crippen molar-refractivity contribution in [2.75, 3.05) is 11.9 Å². The molecule has 21 heavy (non-hydrogen) atoms. The Labute approximate surface area is 134 Å². The molecular weight excluding hydrogens is 354 g/mol. The molecule has 2 amide bonds. The van der Waals surface area contributed by atoms with E-state index in [1.807, 2.05) is 17.5 Å². The van der Waals surface area contributed by atoms with E-state index in [9.17, 15) is 9.59 Å². The van der Waals surface area contributed by atoms with Crippen LogP contribution in [0.3, 0.4) is 0 Å². The van der Waals surface area contributed by atoms with E-state index in [0.717, 1.165) is 10.6 Å². The molecule has 0 aliphatic carbocycles. The van der Waals surface area contributed by atoms with Crippen LogP contribution in [0.1, 0.15) is 0 Å². The molecule has 0 atom stereocenters. The van der Waals surface area contributed by atoms with Crippen LogP contribution in [0.25, 0.3) is 10.6 Å². The van der Waals surface area contributed by atoms with Crippen LogP contribution in [0.2, 0.25) is 0 Å². The van der Waals surface area contributed by atoms with Crippen LogP contribution in [-0.4, -0.2) is 23.3 Å². The normalized spacial score (nSPS) is 9.95. The maximum atomic E-state index is 11.7. The van der Waals surface area contributed by atoms with Gasteiger partial charge >= 0.3 is 11.8 Å². The topological polar surface area (TPSA) is 71.1 Å². The highest BCUT2D eigenvalue weighted by Gasteiger charge is 2.13. The maximum absolute atomic E-state index is 11.7. The molecule has 2 aromatic rings. The SMILES string of the molecule is C=C(Br)CNC(=O)C(=O)Nc1ccc(-c2nccs2)cc1. The van der Waals surface area contributed by atoms with E-state index in [2.05, 4.69) is 38.1 Å². The number of nitrogens with zero attached hydrogens (tertiary/aromatic N) is 1. The minimum atomic E-state index is -0.717. The first-order chi connectivity index (χ1) is 10.1. The summed E-state index contributed by atoms with van der Waals surface area (Å²) in [6.45, 7) is 3.77. The average molecular weight is 366 g/mol. The van der Waals surface area contributed by atoms with Crippen molar-refractivity contribution in [2.24, 2.45) is 0 Å². The van der Waals surface area contributed by atoms with Gasteiger partial charge in [0.15, 0.2) is 0 Å². The summed E-state index contributed by atoms with van der Waals surface area (Å²) in [7, 11) is 0. The molecule has 0 aliphatic heterocycles. The van der Waals surface area contributed by atoms with Gasteiger partial charge in [-0.05, 0) is 24.3 Å². The first kappa shape index (κ1) is 15.4. The molecule has 5 nitrogen and oxygen atoms in total. The summed E-state index contributed by atoms with van der Waals surface area (Å²) >= 11 is 4.63. The van der Waals surface area contributed by atoms with Gasteiger partial charge in [0.2, 0.25) is 0 Å². The number of halogens is 1. The second-order valence-electron chi connectivity index (χ2n) is 4.07. The van der Waals surface area contributed by atoms with Crippen molar-refractivity contribution in [2.45, 2.75) is 0 Å². The Morgan fingerprint density at radius 1 is 1.24 bits per heavy atom. The molecule has 0 saturated carbocycles. The molecular formula is C14H12BrN3O2S. The lowest BCUT2D eigenvalue weighted by Crippen LogP contribution is -2.35. The van der Waals surface area contributed by atoms with E-state index >= 15 is 0 Å². The number of thiazole rings is 1. The van der Waals surface area contributed by atoms with Crippen LogP contribution in [0.15, 0.2) is 46.9 Å². The van der Waals surface area contributed by atoms with Crippen LogP contribution in [0, 0.1) is 0 Å². The van der Waals surface area contributed by atoms with E-state index in [1.54, 1.807) is 18.3 Å². The fourth-order valence-electron chi connectivity index (χ4n) is 1.51. The van der Waals surface area contributed by atoms with Gasteiger partial charge in [0, 0.05) is 33.9 Å². The molecule has 108 valence electrons. The molecule has 0 spiro atoms. The molecule has 0 fully saturated rings. The van der Waals surface area contributed by atoms with Crippen LogP contribution in [-0.2, 0) is 9.59 Å². The third kappa shape index (κ3) is 4.51. The fraction of sp³-hybridized carbons (Fsp3) is 0.0714. The number of anilines is 1. The fourth-order valence-corrected chi connectivity index (χ4v) is 2.29. The van der Waals surface area contributed by atoms with Crippen molar-refractivity contribution in [3.63, 3.8) is 0 Å². The highest BCUT2D eigenvalue weighted by Crippen LogP contribution is 2.23. The zero-order valence-corrected chi connectivity index (χ0v) is 13.3. The first-order valence-electron chi connectivity index (χ1n) is 5.98. The van der Waals surface area contributed by atoms with Crippen molar-refractivity contribution >= 4 is 44.8 Å². The molecule has 7 heteroatoms. The zero-order chi connectivity index (χ0) is 15.2. The third-order valence-electron chi connectivity index (χ3n) is 2.47. The van der Waals surface area contributed by atoms with Gasteiger partial charge in [0.05, 0.1) is 0 Å². The van der Waals surface area contributed by atoms with Gasteiger partial charge in [-0.2, -0.15) is 0 Å². The lowest BCUT2D eigenvalue weighted by Gasteiger charge is -2.06. The molecule has 0 saturated heterocycles. The highest BCUT2D eigenvalue weighted by atomic mass is 79.9. The molecule has 0 radical (unpaired) electrons. The van der Waals surface area contributed by atoms with Crippen molar-refractivity contribution in [3.05, 3.63) is 46.9 Å². The molecule has 2 rings (SSSR count). The minimum Gasteiger partial charge on any atom is -0.343 e. The van der Waals surface area contributed by atoms with Gasteiger partial charge < -0.3 is 10.6 Å². The van der Waals surface area contributed by atoms with Gasteiger partial charge in [-0.15, -0.1) is 11.3 Å². The van der Waals surface area contributed by atoms with E-state index in [-0.39, 0.29) is 6.54 Å². The molecule has 1 aromatic heterocycles. The summed E-state index contributed by atoms with van der Waals surface area (Å²) in [5, 5.41) is 7.76. The smallest absolute Gasteiger partial charge is 0.313 e. The standard InChI is InChI=1S/C14H12BrN3O2S/c1-9(15)8-17-12(19)13(20)18-11-4-2-10(3-5-11)14-16-6-7-21-14/h2-7H,1,8H2,(H,17,19)(H,18,20). The maximum Gasteiger partial charge on any atom is 0.313 e. The first-order valence-corrected chi connectivity index (χ1v) is 7.66. The molecule has 2 N–H and O–H groups in total. The summed E-state index contributed by atoms with van der Waals surface area (Å²) in [4.78, 5) is 27.4. The zero-order valence-electron chi connectivity index (χ0n) is 10.9. The van der Waals surface area contributed by atoms with Crippen molar-refractivity contribution < 1.29 is 9.59 Å². The van der Waals surface area contributed by atoms with Crippen LogP contribution >= 0.6 is 27.3 Å².